The zero-order valence-electron chi connectivity index (χ0n) is 19.3. The molecule has 4 rings (SSSR count). The Morgan fingerprint density at radius 1 is 1.03 bits per heavy atom. The van der Waals surface area contributed by atoms with Crippen LogP contribution in [0.5, 0.6) is 0 Å². The molecule has 2 aliphatic heterocycles. The number of benzene rings is 2. The minimum atomic E-state index is -0.669. The molecular weight excluding hydrogens is 410 g/mol. The van der Waals surface area contributed by atoms with E-state index >= 15 is 0 Å². The molecule has 1 fully saturated rings. The van der Waals surface area contributed by atoms with Crippen LogP contribution in [0, 0.1) is 34.0 Å². The number of anilines is 2. The maximum absolute atomic E-state index is 9.61. The van der Waals surface area contributed by atoms with Gasteiger partial charge in [-0.3, -0.25) is 0 Å². The zero-order valence-corrected chi connectivity index (χ0v) is 19.3. The lowest BCUT2D eigenvalue weighted by molar-refractivity contribution is 0.000334. The summed E-state index contributed by atoms with van der Waals surface area (Å²) in [6.45, 7) is 5.63. The molecule has 0 saturated carbocycles. The quantitative estimate of drug-likeness (QED) is 0.652. The van der Waals surface area contributed by atoms with Crippen molar-refractivity contribution in [2.24, 2.45) is 0 Å². The van der Waals surface area contributed by atoms with Crippen molar-refractivity contribution in [3.63, 3.8) is 0 Å². The van der Waals surface area contributed by atoms with Gasteiger partial charge in [0.15, 0.2) is 5.72 Å². The molecule has 0 aromatic heterocycles. The van der Waals surface area contributed by atoms with Crippen molar-refractivity contribution >= 4 is 23.0 Å². The topological polar surface area (TPSA) is 87.1 Å². The highest BCUT2D eigenvalue weighted by molar-refractivity contribution is 5.86. The van der Waals surface area contributed by atoms with Crippen LogP contribution in [-0.2, 0) is 10.2 Å². The second kappa shape index (κ2) is 8.14. The Balaban J connectivity index is 1.78. The summed E-state index contributed by atoms with van der Waals surface area (Å²) in [5, 5.41) is 28.1. The maximum atomic E-state index is 9.61. The maximum Gasteiger partial charge on any atom is 0.170 e. The summed E-state index contributed by atoms with van der Waals surface area (Å²) >= 11 is 0. The fraction of sp³-hybridized carbons (Fsp3) is 0.296. The van der Waals surface area contributed by atoms with E-state index in [1.807, 2.05) is 44.4 Å². The largest absolute Gasteiger partial charge is 0.378 e. The zero-order chi connectivity index (χ0) is 23.8. The molecule has 0 N–H and O–H groups in total. The molecule has 1 unspecified atom stereocenters. The predicted octanol–water partition coefficient (Wildman–Crippen LogP) is 4.61. The van der Waals surface area contributed by atoms with Crippen molar-refractivity contribution in [1.82, 2.24) is 0 Å². The Morgan fingerprint density at radius 3 is 2.33 bits per heavy atom. The fourth-order valence-electron chi connectivity index (χ4n) is 4.81. The van der Waals surface area contributed by atoms with Crippen molar-refractivity contribution in [1.29, 1.82) is 15.8 Å². The second-order valence-corrected chi connectivity index (χ2v) is 8.96. The number of hydrogen-bond donors (Lipinski definition) is 0. The average Bonchev–Trinajstić information content (AvgIpc) is 3.32. The molecule has 1 saturated heterocycles. The molecule has 6 heteroatoms. The van der Waals surface area contributed by atoms with Crippen molar-refractivity contribution in [2.45, 2.75) is 25.0 Å². The lowest BCUT2D eigenvalue weighted by atomic mass is 9.76. The third-order valence-electron chi connectivity index (χ3n) is 6.68. The van der Waals surface area contributed by atoms with E-state index in [4.69, 9.17) is 4.74 Å². The van der Waals surface area contributed by atoms with Crippen LogP contribution < -0.4 is 9.80 Å². The molecule has 2 aromatic carbocycles. The molecule has 164 valence electrons. The summed E-state index contributed by atoms with van der Waals surface area (Å²) in [5.74, 6) is 0. The van der Waals surface area contributed by atoms with Gasteiger partial charge in [-0.05, 0) is 47.0 Å². The fourth-order valence-corrected chi connectivity index (χ4v) is 4.81. The minimum Gasteiger partial charge on any atom is -0.378 e. The van der Waals surface area contributed by atoms with E-state index in [0.717, 1.165) is 29.0 Å². The monoisotopic (exact) mass is 435 g/mol. The van der Waals surface area contributed by atoms with Gasteiger partial charge in [0.25, 0.3) is 0 Å². The van der Waals surface area contributed by atoms with Gasteiger partial charge < -0.3 is 14.5 Å². The first-order chi connectivity index (χ1) is 15.8. The van der Waals surface area contributed by atoms with E-state index in [-0.39, 0.29) is 11.1 Å². The smallest absolute Gasteiger partial charge is 0.170 e. The molecule has 0 amide bonds. The molecule has 2 aromatic rings. The normalized spacial score (nSPS) is 19.8. The van der Waals surface area contributed by atoms with Crippen molar-refractivity contribution in [3.8, 4) is 18.2 Å². The number of rotatable bonds is 4. The van der Waals surface area contributed by atoms with Crippen LogP contribution in [0.25, 0.3) is 11.6 Å². The first-order valence-corrected chi connectivity index (χ1v) is 10.8. The van der Waals surface area contributed by atoms with Gasteiger partial charge in [-0.2, -0.15) is 15.8 Å². The summed E-state index contributed by atoms with van der Waals surface area (Å²) in [4.78, 5) is 4.33. The van der Waals surface area contributed by atoms with Gasteiger partial charge in [-0.25, -0.2) is 0 Å². The van der Waals surface area contributed by atoms with Gasteiger partial charge in [-0.15, -0.1) is 0 Å². The van der Waals surface area contributed by atoms with Crippen LogP contribution in [0.1, 0.15) is 30.5 Å². The standard InChI is InChI=1S/C27H25N5O/c1-26(2)24-15-20(23(18-30)21(16-28)17-29)7-10-25(24)32-13-14-33-27(26,32)12-11-19-5-8-22(9-6-19)31(3)4/h5-12,15H,13-14H2,1-4H3/b12-11+. The molecule has 1 atom stereocenters. The summed E-state index contributed by atoms with van der Waals surface area (Å²) < 4.78 is 6.41. The molecule has 0 radical (unpaired) electrons. The first kappa shape index (κ1) is 22.2. The van der Waals surface area contributed by atoms with E-state index < -0.39 is 11.1 Å². The molecule has 2 aliphatic rings. The van der Waals surface area contributed by atoms with Crippen molar-refractivity contribution in [2.75, 3.05) is 37.0 Å². The molecule has 0 aliphatic carbocycles. The average molecular weight is 436 g/mol. The van der Waals surface area contributed by atoms with Crippen LogP contribution in [0.2, 0.25) is 0 Å². The van der Waals surface area contributed by atoms with Gasteiger partial charge in [0.2, 0.25) is 0 Å². The van der Waals surface area contributed by atoms with E-state index in [0.29, 0.717) is 12.2 Å². The number of nitriles is 3. The molecule has 0 bridgehead atoms. The predicted molar refractivity (Wildman–Crippen MR) is 129 cm³/mol. The van der Waals surface area contributed by atoms with Crippen LogP contribution >= 0.6 is 0 Å². The number of allylic oxidation sites excluding steroid dienone is 2. The molecule has 6 nitrogen and oxygen atoms in total. The summed E-state index contributed by atoms with van der Waals surface area (Å²) in [6.07, 6.45) is 4.22. The third-order valence-corrected chi connectivity index (χ3v) is 6.68. The van der Waals surface area contributed by atoms with Gasteiger partial charge in [0, 0.05) is 37.4 Å². The highest BCUT2D eigenvalue weighted by Gasteiger charge is 2.59. The third kappa shape index (κ3) is 3.35. The van der Waals surface area contributed by atoms with E-state index in [1.54, 1.807) is 6.07 Å². The lowest BCUT2D eigenvalue weighted by Gasteiger charge is -2.39. The highest BCUT2D eigenvalue weighted by Crippen LogP contribution is 2.55. The van der Waals surface area contributed by atoms with Crippen molar-refractivity contribution in [3.05, 3.63) is 70.8 Å². The summed E-state index contributed by atoms with van der Waals surface area (Å²) in [6, 6.07) is 19.7. The van der Waals surface area contributed by atoms with Crippen LogP contribution in [0.4, 0.5) is 11.4 Å². The van der Waals surface area contributed by atoms with Crippen LogP contribution in [0.3, 0.4) is 0 Å². The van der Waals surface area contributed by atoms with E-state index in [2.05, 4.69) is 60.1 Å². The van der Waals surface area contributed by atoms with Gasteiger partial charge in [-0.1, -0.05) is 38.1 Å². The minimum absolute atomic E-state index is 0.0946. The van der Waals surface area contributed by atoms with Crippen LogP contribution in [-0.4, -0.2) is 33.0 Å². The first-order valence-electron chi connectivity index (χ1n) is 10.8. The molecule has 33 heavy (non-hydrogen) atoms. The molecule has 0 spiro atoms. The van der Waals surface area contributed by atoms with Gasteiger partial charge in [0.1, 0.15) is 23.8 Å². The summed E-state index contributed by atoms with van der Waals surface area (Å²) in [5.41, 5.74) is 3.67. The second-order valence-electron chi connectivity index (χ2n) is 8.96. The lowest BCUT2D eigenvalue weighted by Crippen LogP contribution is -2.51. The Labute approximate surface area is 194 Å². The van der Waals surface area contributed by atoms with Gasteiger partial charge in [0.05, 0.1) is 12.2 Å². The number of fused-ring (bicyclic) bond motifs is 3. The number of nitrogens with zero attached hydrogens (tertiary/aromatic N) is 5. The Kier molecular flexibility index (Phi) is 5.46. The Bertz CT molecular complexity index is 1270. The Morgan fingerprint density at radius 2 is 1.73 bits per heavy atom. The van der Waals surface area contributed by atoms with Crippen molar-refractivity contribution < 1.29 is 4.74 Å². The van der Waals surface area contributed by atoms with E-state index in [9.17, 15) is 15.8 Å². The van der Waals surface area contributed by atoms with Crippen LogP contribution in [0.15, 0.2) is 54.1 Å². The van der Waals surface area contributed by atoms with E-state index in [1.165, 1.54) is 0 Å². The number of ether oxygens (including phenoxy) is 1. The van der Waals surface area contributed by atoms with Gasteiger partial charge >= 0.3 is 0 Å². The molecule has 2 heterocycles. The summed E-state index contributed by atoms with van der Waals surface area (Å²) in [7, 11) is 4.04. The SMILES string of the molecule is CN(C)c1ccc(/C=C/C23OCCN2c2ccc(C(C#N)=C(C#N)C#N)cc2C3(C)C)cc1. The number of hydrogen-bond acceptors (Lipinski definition) is 6. The highest BCUT2D eigenvalue weighted by atomic mass is 16.5. The Hall–Kier alpha value is -4.05. The molecular formula is C27H25N5O.